The number of carbonyl (C=O) groups excluding carboxylic acids is 1. The lowest BCUT2D eigenvalue weighted by Crippen LogP contribution is -3.14. The van der Waals surface area contributed by atoms with Crippen LogP contribution < -0.4 is 9.80 Å². The molecule has 30 heavy (non-hydrogen) atoms. The van der Waals surface area contributed by atoms with E-state index in [1.54, 1.807) is 40.5 Å². The Morgan fingerprint density at radius 3 is 2.73 bits per heavy atom. The van der Waals surface area contributed by atoms with Crippen molar-refractivity contribution < 1.29 is 14.4 Å². The molecule has 4 rings (SSSR count). The van der Waals surface area contributed by atoms with Crippen LogP contribution in [-0.2, 0) is 4.74 Å². The van der Waals surface area contributed by atoms with Crippen LogP contribution in [0.4, 0.5) is 5.13 Å². The number of thiazole rings is 1. The van der Waals surface area contributed by atoms with Gasteiger partial charge < -0.3 is 9.64 Å². The van der Waals surface area contributed by atoms with E-state index in [1.165, 1.54) is 10.5 Å². The maximum Gasteiger partial charge on any atom is 0.260 e. The second-order valence-corrected chi connectivity index (χ2v) is 8.59. The molecule has 1 aromatic heterocycles. The van der Waals surface area contributed by atoms with Gasteiger partial charge in [0.15, 0.2) is 5.13 Å². The predicted molar refractivity (Wildman–Crippen MR) is 118 cm³/mol. The van der Waals surface area contributed by atoms with E-state index in [0.29, 0.717) is 17.7 Å². The van der Waals surface area contributed by atoms with Crippen molar-refractivity contribution in [3.8, 4) is 6.07 Å². The summed E-state index contributed by atoms with van der Waals surface area (Å²) in [5, 5.41) is 9.76. The number of fused-ring (bicyclic) bond motifs is 1. The van der Waals surface area contributed by atoms with Crippen LogP contribution in [-0.4, -0.2) is 50.3 Å². The van der Waals surface area contributed by atoms with E-state index in [0.717, 1.165) is 54.6 Å². The van der Waals surface area contributed by atoms with Crippen molar-refractivity contribution in [3.63, 3.8) is 0 Å². The van der Waals surface area contributed by atoms with Crippen molar-refractivity contribution in [1.82, 2.24) is 4.98 Å². The van der Waals surface area contributed by atoms with Crippen molar-refractivity contribution in [3.05, 3.63) is 59.2 Å². The van der Waals surface area contributed by atoms with Gasteiger partial charge in [0.05, 0.1) is 41.6 Å². The molecule has 2 aromatic carbocycles. The van der Waals surface area contributed by atoms with Crippen molar-refractivity contribution >= 4 is 32.6 Å². The zero-order valence-corrected chi connectivity index (χ0v) is 17.9. The first kappa shape index (κ1) is 20.5. The minimum atomic E-state index is -0.0766. The average Bonchev–Trinajstić information content (AvgIpc) is 3.20. The summed E-state index contributed by atoms with van der Waals surface area (Å²) < 4.78 is 6.52. The topological polar surface area (TPSA) is 70.7 Å². The number of benzene rings is 2. The maximum absolute atomic E-state index is 13.4. The first-order valence-corrected chi connectivity index (χ1v) is 11.1. The van der Waals surface area contributed by atoms with Gasteiger partial charge in [0.2, 0.25) is 0 Å². The van der Waals surface area contributed by atoms with Gasteiger partial charge in [-0.3, -0.25) is 9.69 Å². The standard InChI is InChI=1S/C23H24N4O2S/c1-17-3-8-20-21(15-17)30-23(25-20)27(10-2-9-26-11-13-29-14-12-26)22(28)19-6-4-18(16-24)5-7-19/h3-8,15H,2,9-14H2,1H3/p+1. The number of ether oxygens (including phenoxy) is 1. The van der Waals surface area contributed by atoms with Gasteiger partial charge in [-0.25, -0.2) is 4.98 Å². The summed E-state index contributed by atoms with van der Waals surface area (Å²) in [5.74, 6) is -0.0766. The van der Waals surface area contributed by atoms with E-state index >= 15 is 0 Å². The summed E-state index contributed by atoms with van der Waals surface area (Å²) in [5.41, 5.74) is 3.21. The highest BCUT2D eigenvalue weighted by Crippen LogP contribution is 2.30. The lowest BCUT2D eigenvalue weighted by atomic mass is 10.1. The molecule has 1 saturated heterocycles. The van der Waals surface area contributed by atoms with Gasteiger partial charge in [-0.15, -0.1) is 0 Å². The first-order chi connectivity index (χ1) is 14.6. The summed E-state index contributed by atoms with van der Waals surface area (Å²) in [7, 11) is 0. The lowest BCUT2D eigenvalue weighted by molar-refractivity contribution is -0.908. The smallest absolute Gasteiger partial charge is 0.260 e. The molecule has 1 fully saturated rings. The Hall–Kier alpha value is -2.79. The number of hydrogen-bond donors (Lipinski definition) is 1. The molecule has 154 valence electrons. The summed E-state index contributed by atoms with van der Waals surface area (Å²) in [4.78, 5) is 21.4. The van der Waals surface area contributed by atoms with Crippen LogP contribution in [0.5, 0.6) is 0 Å². The zero-order valence-electron chi connectivity index (χ0n) is 17.1. The molecule has 0 atom stereocenters. The number of morpholine rings is 1. The SMILES string of the molecule is Cc1ccc2nc(N(CCC[NH+]3CCOCC3)C(=O)c3ccc(C#N)cc3)sc2c1. The van der Waals surface area contributed by atoms with Crippen LogP contribution in [0.25, 0.3) is 10.2 Å². The van der Waals surface area contributed by atoms with Crippen molar-refractivity contribution in [2.24, 2.45) is 0 Å². The fraction of sp³-hybridized carbons (Fsp3) is 0.348. The Labute approximate surface area is 180 Å². The van der Waals surface area contributed by atoms with E-state index < -0.39 is 0 Å². The van der Waals surface area contributed by atoms with Crippen LogP contribution in [0.3, 0.4) is 0 Å². The second kappa shape index (κ2) is 9.35. The molecular weight excluding hydrogens is 396 g/mol. The van der Waals surface area contributed by atoms with E-state index in [-0.39, 0.29) is 5.91 Å². The number of nitrogens with one attached hydrogen (secondary N) is 1. The molecule has 0 saturated carbocycles. The zero-order chi connectivity index (χ0) is 20.9. The van der Waals surface area contributed by atoms with Gasteiger partial charge in [0.25, 0.3) is 5.91 Å². The third-order valence-electron chi connectivity index (χ3n) is 5.38. The monoisotopic (exact) mass is 421 g/mol. The number of hydrogen-bond acceptors (Lipinski definition) is 5. The van der Waals surface area contributed by atoms with Crippen molar-refractivity contribution in [1.29, 1.82) is 5.26 Å². The highest BCUT2D eigenvalue weighted by molar-refractivity contribution is 7.22. The Bertz CT molecular complexity index is 1060. The first-order valence-electron chi connectivity index (χ1n) is 10.2. The van der Waals surface area contributed by atoms with Gasteiger partial charge in [-0.05, 0) is 48.9 Å². The van der Waals surface area contributed by atoms with Crippen LogP contribution in [0.15, 0.2) is 42.5 Å². The molecule has 1 N–H and O–H groups in total. The molecule has 0 bridgehead atoms. The summed E-state index contributed by atoms with van der Waals surface area (Å²) in [6.07, 6.45) is 0.895. The predicted octanol–water partition coefficient (Wildman–Crippen LogP) is 2.43. The van der Waals surface area contributed by atoms with Crippen LogP contribution in [0, 0.1) is 18.3 Å². The molecule has 6 nitrogen and oxygen atoms in total. The lowest BCUT2D eigenvalue weighted by Gasteiger charge is -2.25. The quantitative estimate of drug-likeness (QED) is 0.664. The number of aromatic nitrogens is 1. The van der Waals surface area contributed by atoms with Crippen molar-refractivity contribution in [2.75, 3.05) is 44.3 Å². The Morgan fingerprint density at radius 2 is 2.00 bits per heavy atom. The molecule has 7 heteroatoms. The van der Waals surface area contributed by atoms with E-state index in [1.807, 2.05) is 12.1 Å². The summed E-state index contributed by atoms with van der Waals surface area (Å²) >= 11 is 1.55. The van der Waals surface area contributed by atoms with Gasteiger partial charge in [-0.2, -0.15) is 5.26 Å². The number of amides is 1. The van der Waals surface area contributed by atoms with Crippen LogP contribution >= 0.6 is 11.3 Å². The van der Waals surface area contributed by atoms with Gasteiger partial charge >= 0.3 is 0 Å². The van der Waals surface area contributed by atoms with E-state index in [9.17, 15) is 4.79 Å². The molecule has 0 unspecified atom stereocenters. The molecule has 0 aliphatic carbocycles. The van der Waals surface area contributed by atoms with Crippen LogP contribution in [0.1, 0.15) is 27.9 Å². The number of aryl methyl sites for hydroxylation is 1. The third-order valence-corrected chi connectivity index (χ3v) is 6.42. The number of nitriles is 1. The van der Waals surface area contributed by atoms with E-state index in [4.69, 9.17) is 15.0 Å². The average molecular weight is 422 g/mol. The van der Waals surface area contributed by atoms with Gasteiger partial charge in [0.1, 0.15) is 13.1 Å². The highest BCUT2D eigenvalue weighted by atomic mass is 32.1. The number of carbonyl (C=O) groups is 1. The minimum Gasteiger partial charge on any atom is -0.370 e. The molecule has 0 spiro atoms. The normalized spacial score (nSPS) is 14.5. The molecule has 3 aromatic rings. The molecule has 0 radical (unpaired) electrons. The Balaban J connectivity index is 1.57. The molecule has 1 amide bonds. The number of rotatable bonds is 6. The minimum absolute atomic E-state index is 0.0766. The number of anilines is 1. The fourth-order valence-electron chi connectivity index (χ4n) is 3.66. The maximum atomic E-state index is 13.4. The highest BCUT2D eigenvalue weighted by Gasteiger charge is 2.22. The molecular formula is C23H25N4O2S+. The van der Waals surface area contributed by atoms with Gasteiger partial charge in [0, 0.05) is 18.5 Å². The van der Waals surface area contributed by atoms with Gasteiger partial charge in [-0.1, -0.05) is 17.4 Å². The largest absolute Gasteiger partial charge is 0.370 e. The number of quaternary nitrogens is 1. The van der Waals surface area contributed by atoms with E-state index in [2.05, 4.69) is 19.1 Å². The molecule has 1 aliphatic heterocycles. The van der Waals surface area contributed by atoms with Crippen molar-refractivity contribution in [2.45, 2.75) is 13.3 Å². The van der Waals surface area contributed by atoms with Crippen LogP contribution in [0.2, 0.25) is 0 Å². The summed E-state index contributed by atoms with van der Waals surface area (Å²) in [6.45, 7) is 7.32. The Morgan fingerprint density at radius 1 is 1.23 bits per heavy atom. The number of nitrogens with zero attached hydrogens (tertiary/aromatic N) is 3. The summed E-state index contributed by atoms with van der Waals surface area (Å²) in [6, 6.07) is 15.1. The second-order valence-electron chi connectivity index (χ2n) is 7.58. The molecule has 2 heterocycles. The fourth-order valence-corrected chi connectivity index (χ4v) is 4.75. The third kappa shape index (κ3) is 4.68. The molecule has 1 aliphatic rings. The Kier molecular flexibility index (Phi) is 6.38.